The molecule has 2 aromatic rings. The Kier molecular flexibility index (Phi) is 8.85. The van der Waals surface area contributed by atoms with Crippen molar-refractivity contribution in [2.45, 2.75) is 19.5 Å². The van der Waals surface area contributed by atoms with Crippen molar-refractivity contribution in [1.82, 2.24) is 10.6 Å². The lowest BCUT2D eigenvalue weighted by molar-refractivity contribution is -0.120. The molecule has 0 aliphatic carbocycles. The van der Waals surface area contributed by atoms with Crippen molar-refractivity contribution in [3.8, 4) is 11.5 Å². The summed E-state index contributed by atoms with van der Waals surface area (Å²) in [5.74, 6) is -0.296. The predicted molar refractivity (Wildman–Crippen MR) is 107 cm³/mol. The van der Waals surface area contributed by atoms with Gasteiger partial charge in [0.1, 0.15) is 0 Å². The molecule has 0 heterocycles. The fourth-order valence-corrected chi connectivity index (χ4v) is 2.75. The van der Waals surface area contributed by atoms with Gasteiger partial charge in [0.05, 0.1) is 7.11 Å². The van der Waals surface area contributed by atoms with E-state index in [-0.39, 0.29) is 36.3 Å². The molecule has 2 rings (SSSR count). The van der Waals surface area contributed by atoms with Gasteiger partial charge >= 0.3 is 6.61 Å². The Labute approximate surface area is 175 Å². The highest BCUT2D eigenvalue weighted by Crippen LogP contribution is 2.29. The van der Waals surface area contributed by atoms with E-state index in [9.17, 15) is 18.4 Å². The van der Waals surface area contributed by atoms with Crippen molar-refractivity contribution in [2.75, 3.05) is 20.2 Å². The molecule has 0 atom stereocenters. The molecule has 2 N–H and O–H groups in total. The summed E-state index contributed by atoms with van der Waals surface area (Å²) in [5.41, 5.74) is 1.31. The van der Waals surface area contributed by atoms with Gasteiger partial charge in [-0.1, -0.05) is 22.0 Å². The number of halogens is 3. The van der Waals surface area contributed by atoms with E-state index in [1.807, 2.05) is 0 Å². The second-order valence-electron chi connectivity index (χ2n) is 5.98. The number of carbonyl (C=O) groups is 2. The van der Waals surface area contributed by atoms with Crippen molar-refractivity contribution in [3.63, 3.8) is 0 Å². The molecule has 156 valence electrons. The van der Waals surface area contributed by atoms with Crippen molar-refractivity contribution >= 4 is 27.7 Å². The van der Waals surface area contributed by atoms with E-state index in [0.717, 1.165) is 10.0 Å². The lowest BCUT2D eigenvalue weighted by Gasteiger charge is -2.12. The van der Waals surface area contributed by atoms with Gasteiger partial charge in [0.15, 0.2) is 11.5 Å². The maximum atomic E-state index is 12.3. The number of amides is 2. The van der Waals surface area contributed by atoms with E-state index in [2.05, 4.69) is 31.3 Å². The molecule has 9 heteroatoms. The summed E-state index contributed by atoms with van der Waals surface area (Å²) < 4.78 is 35.0. The molecule has 0 aromatic heterocycles. The van der Waals surface area contributed by atoms with Gasteiger partial charge in [-0.3, -0.25) is 9.59 Å². The van der Waals surface area contributed by atoms with E-state index in [4.69, 9.17) is 4.74 Å². The van der Waals surface area contributed by atoms with Crippen LogP contribution in [0, 0.1) is 0 Å². The summed E-state index contributed by atoms with van der Waals surface area (Å²) in [6.07, 6.45) is 0.634. The lowest BCUT2D eigenvalue weighted by atomic mass is 10.1. The maximum Gasteiger partial charge on any atom is 0.387 e. The van der Waals surface area contributed by atoms with Gasteiger partial charge < -0.3 is 20.1 Å². The van der Waals surface area contributed by atoms with E-state index in [1.165, 1.54) is 13.2 Å². The van der Waals surface area contributed by atoms with E-state index in [1.54, 1.807) is 36.4 Å². The van der Waals surface area contributed by atoms with Gasteiger partial charge in [0, 0.05) is 29.5 Å². The van der Waals surface area contributed by atoms with Crippen LogP contribution in [0.15, 0.2) is 46.9 Å². The van der Waals surface area contributed by atoms with Gasteiger partial charge in [-0.15, -0.1) is 0 Å². The predicted octanol–water partition coefficient (Wildman–Crippen LogP) is 3.54. The van der Waals surface area contributed by atoms with Gasteiger partial charge in [0.2, 0.25) is 5.91 Å². The third-order valence-corrected chi connectivity index (χ3v) is 4.45. The molecule has 0 saturated heterocycles. The minimum atomic E-state index is -2.93. The third kappa shape index (κ3) is 7.69. The lowest BCUT2D eigenvalue weighted by Crippen LogP contribution is -2.31. The first-order chi connectivity index (χ1) is 13.9. The van der Waals surface area contributed by atoms with Crippen LogP contribution in [0.1, 0.15) is 22.3 Å². The number of hydrogen-bond acceptors (Lipinski definition) is 4. The average Bonchev–Trinajstić information content (AvgIpc) is 2.69. The Bertz CT molecular complexity index is 832. The monoisotopic (exact) mass is 470 g/mol. The summed E-state index contributed by atoms with van der Waals surface area (Å²) in [5, 5.41) is 5.44. The normalized spacial score (nSPS) is 10.5. The zero-order valence-electron chi connectivity index (χ0n) is 15.7. The van der Waals surface area contributed by atoms with Gasteiger partial charge in [-0.05, 0) is 48.4 Å². The average molecular weight is 471 g/mol. The standard InChI is InChI=1S/C20H21BrF2N2O4/c1-28-17-12-13(2-7-16(17)29-20(22)23)8-10-24-18(26)9-11-25-19(27)14-3-5-15(21)6-4-14/h2-7,12,20H,8-11H2,1H3,(H,24,26)(H,25,27). The molecule has 0 spiro atoms. The Morgan fingerprint density at radius 1 is 1.03 bits per heavy atom. The van der Waals surface area contributed by atoms with Crippen LogP contribution < -0.4 is 20.1 Å². The van der Waals surface area contributed by atoms with E-state index >= 15 is 0 Å². The molecule has 0 fully saturated rings. The van der Waals surface area contributed by atoms with Gasteiger partial charge in [-0.2, -0.15) is 8.78 Å². The van der Waals surface area contributed by atoms with E-state index in [0.29, 0.717) is 18.5 Å². The third-order valence-electron chi connectivity index (χ3n) is 3.92. The first-order valence-electron chi connectivity index (χ1n) is 8.81. The Morgan fingerprint density at radius 3 is 2.41 bits per heavy atom. The molecular formula is C20H21BrF2N2O4. The number of methoxy groups -OCH3 is 1. The number of carbonyl (C=O) groups excluding carboxylic acids is 2. The fraction of sp³-hybridized carbons (Fsp3) is 0.300. The maximum absolute atomic E-state index is 12.3. The highest BCUT2D eigenvalue weighted by atomic mass is 79.9. The molecule has 2 amide bonds. The molecule has 0 aliphatic heterocycles. The highest BCUT2D eigenvalue weighted by Gasteiger charge is 2.11. The van der Waals surface area contributed by atoms with Crippen molar-refractivity contribution < 1.29 is 27.8 Å². The first kappa shape index (κ1) is 22.6. The number of ether oxygens (including phenoxy) is 2. The summed E-state index contributed by atoms with van der Waals surface area (Å²) >= 11 is 3.30. The number of alkyl halides is 2. The van der Waals surface area contributed by atoms with Crippen molar-refractivity contribution in [3.05, 3.63) is 58.1 Å². The molecule has 0 bridgehead atoms. The first-order valence-corrected chi connectivity index (χ1v) is 9.60. The van der Waals surface area contributed by atoms with Crippen LogP contribution in [-0.4, -0.2) is 38.6 Å². The van der Waals surface area contributed by atoms with Crippen LogP contribution in [0.5, 0.6) is 11.5 Å². The molecule has 0 radical (unpaired) electrons. The fourth-order valence-electron chi connectivity index (χ4n) is 2.49. The Balaban J connectivity index is 1.71. The highest BCUT2D eigenvalue weighted by molar-refractivity contribution is 9.10. The summed E-state index contributed by atoms with van der Waals surface area (Å²) in [7, 11) is 1.36. The minimum Gasteiger partial charge on any atom is -0.493 e. The minimum absolute atomic E-state index is 0.0446. The van der Waals surface area contributed by atoms with Crippen LogP contribution in [0.25, 0.3) is 0 Å². The molecule has 2 aromatic carbocycles. The van der Waals surface area contributed by atoms with Crippen LogP contribution in [0.2, 0.25) is 0 Å². The molecule has 29 heavy (non-hydrogen) atoms. The number of nitrogens with one attached hydrogen (secondary N) is 2. The number of rotatable bonds is 10. The second kappa shape index (κ2) is 11.4. The number of benzene rings is 2. The van der Waals surface area contributed by atoms with Gasteiger partial charge in [-0.25, -0.2) is 0 Å². The van der Waals surface area contributed by atoms with Crippen LogP contribution in [0.3, 0.4) is 0 Å². The zero-order valence-corrected chi connectivity index (χ0v) is 17.3. The SMILES string of the molecule is COc1cc(CCNC(=O)CCNC(=O)c2ccc(Br)cc2)ccc1OC(F)F. The molecule has 6 nitrogen and oxygen atoms in total. The van der Waals surface area contributed by atoms with Gasteiger partial charge in [0.25, 0.3) is 5.91 Å². The molecular weight excluding hydrogens is 450 g/mol. The van der Waals surface area contributed by atoms with E-state index < -0.39 is 6.61 Å². The van der Waals surface area contributed by atoms with Crippen LogP contribution in [0.4, 0.5) is 8.78 Å². The topological polar surface area (TPSA) is 76.7 Å². The smallest absolute Gasteiger partial charge is 0.387 e. The summed E-state index contributed by atoms with van der Waals surface area (Å²) in [4.78, 5) is 23.9. The zero-order chi connectivity index (χ0) is 21.2. The quantitative estimate of drug-likeness (QED) is 0.556. The summed E-state index contributed by atoms with van der Waals surface area (Å²) in [6.45, 7) is -2.36. The van der Waals surface area contributed by atoms with Crippen molar-refractivity contribution in [1.29, 1.82) is 0 Å². The Morgan fingerprint density at radius 2 is 1.76 bits per heavy atom. The summed E-state index contributed by atoms with van der Waals surface area (Å²) in [6, 6.07) is 11.5. The van der Waals surface area contributed by atoms with Crippen molar-refractivity contribution in [2.24, 2.45) is 0 Å². The largest absolute Gasteiger partial charge is 0.493 e. The molecule has 0 unspecified atom stereocenters. The molecule has 0 aliphatic rings. The van der Waals surface area contributed by atoms with Crippen LogP contribution >= 0.6 is 15.9 Å². The Hall–Kier alpha value is -2.68. The second-order valence-corrected chi connectivity index (χ2v) is 6.89. The van der Waals surface area contributed by atoms with Crippen LogP contribution in [-0.2, 0) is 11.2 Å². The molecule has 0 saturated carbocycles. The number of hydrogen-bond donors (Lipinski definition) is 2.